The molecular formula is C20H22N2O5S. The van der Waals surface area contributed by atoms with Gasteiger partial charge in [0.15, 0.2) is 0 Å². The Bertz CT molecular complexity index is 1090. The predicted molar refractivity (Wildman–Crippen MR) is 105 cm³/mol. The lowest BCUT2D eigenvalue weighted by molar-refractivity contribution is 0.0660. The number of aromatic carboxylic acids is 1. The number of aromatic nitrogens is 2. The molecule has 8 heteroatoms. The van der Waals surface area contributed by atoms with Crippen LogP contribution < -0.4 is 5.56 Å². The molecule has 0 amide bonds. The molecule has 1 aliphatic carbocycles. The molecule has 3 heterocycles. The Kier molecular flexibility index (Phi) is 5.07. The highest BCUT2D eigenvalue weighted by atomic mass is 32.1. The third-order valence-electron chi connectivity index (χ3n) is 5.21. The maximum absolute atomic E-state index is 13.4. The van der Waals surface area contributed by atoms with E-state index < -0.39 is 5.97 Å². The fraction of sp³-hybridized carbons (Fsp3) is 0.450. The number of hydrogen-bond donors (Lipinski definition) is 1. The molecule has 0 spiro atoms. The molecule has 0 aliphatic heterocycles. The Hall–Kier alpha value is -2.45. The van der Waals surface area contributed by atoms with Gasteiger partial charge in [0.05, 0.1) is 18.5 Å². The molecule has 1 atom stereocenters. The minimum atomic E-state index is -1.13. The normalized spacial score (nSPS) is 16.4. The summed E-state index contributed by atoms with van der Waals surface area (Å²) in [7, 11) is 1.61. The molecule has 0 saturated carbocycles. The molecule has 0 radical (unpaired) electrons. The number of methoxy groups -OCH3 is 1. The Morgan fingerprint density at radius 3 is 3.00 bits per heavy atom. The summed E-state index contributed by atoms with van der Waals surface area (Å²) in [5.74, 6) is 0.384. The van der Waals surface area contributed by atoms with Gasteiger partial charge in [0.2, 0.25) is 5.76 Å². The van der Waals surface area contributed by atoms with Gasteiger partial charge >= 0.3 is 5.97 Å². The number of hydrogen-bond acceptors (Lipinski definition) is 6. The van der Waals surface area contributed by atoms with E-state index >= 15 is 0 Å². The van der Waals surface area contributed by atoms with E-state index in [0.717, 1.165) is 29.7 Å². The van der Waals surface area contributed by atoms with Gasteiger partial charge in [-0.15, -0.1) is 11.3 Å². The molecule has 4 rings (SSSR count). The van der Waals surface area contributed by atoms with Gasteiger partial charge in [-0.1, -0.05) is 6.92 Å². The van der Waals surface area contributed by atoms with Crippen molar-refractivity contribution in [2.75, 3.05) is 13.7 Å². The number of fused-ring (bicyclic) bond motifs is 3. The number of carbonyl (C=O) groups is 1. The number of carboxylic acids is 1. The van der Waals surface area contributed by atoms with E-state index in [1.807, 2.05) is 0 Å². The van der Waals surface area contributed by atoms with Crippen LogP contribution in [0, 0.1) is 5.92 Å². The molecule has 1 N–H and O–H groups in total. The molecule has 0 fully saturated rings. The van der Waals surface area contributed by atoms with Crippen LogP contribution in [-0.4, -0.2) is 34.3 Å². The molecule has 28 heavy (non-hydrogen) atoms. The maximum atomic E-state index is 13.4. The zero-order chi connectivity index (χ0) is 19.8. The second-order valence-corrected chi connectivity index (χ2v) is 8.35. The Morgan fingerprint density at radius 1 is 1.46 bits per heavy atom. The molecule has 3 aromatic rings. The lowest BCUT2D eigenvalue weighted by atomic mass is 9.89. The van der Waals surface area contributed by atoms with Crippen molar-refractivity contribution in [1.82, 2.24) is 9.55 Å². The first kappa shape index (κ1) is 18.9. The summed E-state index contributed by atoms with van der Waals surface area (Å²) < 4.78 is 12.1. The highest BCUT2D eigenvalue weighted by Crippen LogP contribution is 2.35. The fourth-order valence-electron chi connectivity index (χ4n) is 3.75. The number of rotatable bonds is 6. The van der Waals surface area contributed by atoms with Crippen molar-refractivity contribution < 1.29 is 19.1 Å². The first-order chi connectivity index (χ1) is 13.5. The monoisotopic (exact) mass is 402 g/mol. The van der Waals surface area contributed by atoms with Gasteiger partial charge in [0.1, 0.15) is 16.4 Å². The van der Waals surface area contributed by atoms with Crippen molar-refractivity contribution >= 4 is 27.5 Å². The summed E-state index contributed by atoms with van der Waals surface area (Å²) >= 11 is 1.62. The van der Waals surface area contributed by atoms with Crippen LogP contribution in [0.1, 0.15) is 45.9 Å². The number of carboxylic acid groups (broad SMARTS) is 1. The lowest BCUT2D eigenvalue weighted by Crippen LogP contribution is -2.27. The van der Waals surface area contributed by atoms with E-state index in [0.29, 0.717) is 35.9 Å². The smallest absolute Gasteiger partial charge is 0.371 e. The third kappa shape index (κ3) is 3.38. The van der Waals surface area contributed by atoms with E-state index in [-0.39, 0.29) is 17.9 Å². The molecule has 1 unspecified atom stereocenters. The van der Waals surface area contributed by atoms with Gasteiger partial charge in [-0.3, -0.25) is 9.36 Å². The first-order valence-electron chi connectivity index (χ1n) is 9.32. The van der Waals surface area contributed by atoms with Crippen molar-refractivity contribution in [1.29, 1.82) is 0 Å². The second kappa shape index (κ2) is 7.52. The van der Waals surface area contributed by atoms with Crippen molar-refractivity contribution in [3.8, 4) is 0 Å². The standard InChI is InChI=1S/C20H22N2O5S/c1-11-3-5-13-15(9-11)28-18-17(13)19(23)22(16(21-18)7-8-26-2)10-12-4-6-14(27-12)20(24)25/h4,6,11H,3,5,7-10H2,1-2H3,(H,24,25). The van der Waals surface area contributed by atoms with Crippen LogP contribution in [0.25, 0.3) is 10.2 Å². The van der Waals surface area contributed by atoms with Crippen molar-refractivity contribution in [3.05, 3.63) is 50.3 Å². The average molecular weight is 402 g/mol. The van der Waals surface area contributed by atoms with Crippen molar-refractivity contribution in [2.45, 2.75) is 39.2 Å². The van der Waals surface area contributed by atoms with Gasteiger partial charge in [-0.05, 0) is 42.9 Å². The van der Waals surface area contributed by atoms with Gasteiger partial charge < -0.3 is 14.3 Å². The van der Waals surface area contributed by atoms with E-state index in [9.17, 15) is 9.59 Å². The minimum Gasteiger partial charge on any atom is -0.475 e. The van der Waals surface area contributed by atoms with Crippen LogP contribution in [0.3, 0.4) is 0 Å². The molecule has 7 nitrogen and oxygen atoms in total. The summed E-state index contributed by atoms with van der Waals surface area (Å²) in [6, 6.07) is 2.99. The molecular weight excluding hydrogens is 380 g/mol. The Morgan fingerprint density at radius 2 is 2.29 bits per heavy atom. The molecule has 3 aromatic heterocycles. The highest BCUT2D eigenvalue weighted by Gasteiger charge is 2.25. The zero-order valence-corrected chi connectivity index (χ0v) is 16.7. The molecule has 1 aliphatic rings. The molecule has 0 aromatic carbocycles. The van der Waals surface area contributed by atoms with Crippen LogP contribution in [0.15, 0.2) is 21.3 Å². The number of ether oxygens (including phenoxy) is 1. The Balaban J connectivity index is 1.83. The number of thiophene rings is 1. The average Bonchev–Trinajstić information content (AvgIpc) is 3.26. The predicted octanol–water partition coefficient (Wildman–Crippen LogP) is 3.11. The van der Waals surface area contributed by atoms with Crippen LogP contribution in [-0.2, 0) is 30.5 Å². The van der Waals surface area contributed by atoms with Crippen molar-refractivity contribution in [3.63, 3.8) is 0 Å². The van der Waals surface area contributed by atoms with E-state index in [2.05, 4.69) is 6.92 Å². The second-order valence-electron chi connectivity index (χ2n) is 7.27. The highest BCUT2D eigenvalue weighted by molar-refractivity contribution is 7.18. The summed E-state index contributed by atoms with van der Waals surface area (Å²) in [6.45, 7) is 2.83. The van der Waals surface area contributed by atoms with Gasteiger partial charge in [-0.2, -0.15) is 0 Å². The van der Waals surface area contributed by atoms with Gasteiger partial charge in [-0.25, -0.2) is 9.78 Å². The Labute approximate surface area is 165 Å². The SMILES string of the molecule is COCCc1nc2sc3c(c2c(=O)n1Cc1ccc(C(=O)O)o1)CCC(C)C3. The van der Waals surface area contributed by atoms with E-state index in [4.69, 9.17) is 19.2 Å². The minimum absolute atomic E-state index is 0.0866. The third-order valence-corrected chi connectivity index (χ3v) is 6.36. The maximum Gasteiger partial charge on any atom is 0.371 e. The van der Waals surface area contributed by atoms with Gasteiger partial charge in [0.25, 0.3) is 5.56 Å². The number of aryl methyl sites for hydroxylation is 1. The van der Waals surface area contributed by atoms with Crippen LogP contribution >= 0.6 is 11.3 Å². The zero-order valence-electron chi connectivity index (χ0n) is 15.9. The summed E-state index contributed by atoms with van der Waals surface area (Å²) in [6.07, 6.45) is 3.45. The topological polar surface area (TPSA) is 94.6 Å². The molecule has 0 bridgehead atoms. The van der Waals surface area contributed by atoms with Crippen LogP contribution in [0.4, 0.5) is 0 Å². The quantitative estimate of drug-likeness (QED) is 0.681. The fourth-order valence-corrected chi connectivity index (χ4v) is 5.14. The molecule has 148 valence electrons. The first-order valence-corrected chi connectivity index (χ1v) is 10.1. The largest absolute Gasteiger partial charge is 0.475 e. The lowest BCUT2D eigenvalue weighted by Gasteiger charge is -2.17. The summed E-state index contributed by atoms with van der Waals surface area (Å²) in [5.41, 5.74) is 1.05. The van der Waals surface area contributed by atoms with Crippen LogP contribution in [0.5, 0.6) is 0 Å². The van der Waals surface area contributed by atoms with E-state index in [1.165, 1.54) is 10.9 Å². The van der Waals surface area contributed by atoms with E-state index in [1.54, 1.807) is 29.1 Å². The number of furan rings is 1. The summed E-state index contributed by atoms with van der Waals surface area (Å²) in [5, 5.41) is 9.77. The van der Waals surface area contributed by atoms with Gasteiger partial charge in [0, 0.05) is 18.4 Å². The van der Waals surface area contributed by atoms with Crippen molar-refractivity contribution in [2.24, 2.45) is 5.92 Å². The number of nitrogens with zero attached hydrogens (tertiary/aromatic N) is 2. The molecule has 0 saturated heterocycles. The summed E-state index contributed by atoms with van der Waals surface area (Å²) in [4.78, 5) is 31.3. The van der Waals surface area contributed by atoms with Crippen LogP contribution in [0.2, 0.25) is 0 Å².